The van der Waals surface area contributed by atoms with Gasteiger partial charge in [0.05, 0.1) is 18.8 Å². The number of ether oxygens (including phenoxy) is 3. The molecular weight excluding hydrogens is 596 g/mol. The molecule has 3 rings (SSSR count). The Labute approximate surface area is 261 Å². The van der Waals surface area contributed by atoms with Crippen LogP contribution in [0.15, 0.2) is 0 Å². The molecule has 1 aliphatic carbocycles. The van der Waals surface area contributed by atoms with E-state index in [-0.39, 0.29) is 63.9 Å². The van der Waals surface area contributed by atoms with Crippen LogP contribution in [0.2, 0.25) is 0 Å². The minimum absolute atomic E-state index is 0.0159. The molecule has 0 aromatic carbocycles. The van der Waals surface area contributed by atoms with Crippen molar-refractivity contribution in [1.29, 1.82) is 0 Å². The molecule has 2 unspecified atom stereocenters. The lowest BCUT2D eigenvalue weighted by molar-refractivity contribution is -0.197. The van der Waals surface area contributed by atoms with Gasteiger partial charge in [-0.05, 0) is 52.9 Å². The van der Waals surface area contributed by atoms with Gasteiger partial charge in [0, 0.05) is 63.7 Å². The lowest BCUT2D eigenvalue weighted by Crippen LogP contribution is -2.32. The van der Waals surface area contributed by atoms with Crippen molar-refractivity contribution in [2.24, 2.45) is 5.92 Å². The second-order valence-corrected chi connectivity index (χ2v) is 12.2. The molecule has 0 bridgehead atoms. The molecule has 2 atom stereocenters. The van der Waals surface area contributed by atoms with E-state index in [4.69, 9.17) is 23.9 Å². The van der Waals surface area contributed by atoms with Crippen LogP contribution in [0.5, 0.6) is 0 Å². The number of carbonyl (C=O) groups is 8. The molecule has 2 aliphatic heterocycles. The van der Waals surface area contributed by atoms with E-state index in [1.807, 2.05) is 20.8 Å². The van der Waals surface area contributed by atoms with Gasteiger partial charge in [-0.15, -0.1) is 10.1 Å². The number of rotatable bonds is 19. The summed E-state index contributed by atoms with van der Waals surface area (Å²) in [5, 5.41) is 0.998. The zero-order chi connectivity index (χ0) is 33.2. The number of nitrogens with zero attached hydrogens (tertiary/aromatic N) is 2. The van der Waals surface area contributed by atoms with E-state index < -0.39 is 58.7 Å². The Kier molecular flexibility index (Phi) is 12.6. The standard InChI is InChI=1S/C30H42N2O13/c1-29(2,16-17-41-25(37)8-4-6-10-27(39)44-31-21(33)12-13-22(31)34)42-19-20-18-30(20,3)43-26(38)9-5-7-11-28(40)45-32-23(35)14-15-24(32)36/h20H,4-19H2,1-3H3. The number of hydrogen-bond acceptors (Lipinski definition) is 13. The van der Waals surface area contributed by atoms with Crippen molar-refractivity contribution in [1.82, 2.24) is 10.1 Å². The minimum Gasteiger partial charge on any atom is -0.466 e. The molecule has 3 fully saturated rings. The van der Waals surface area contributed by atoms with E-state index in [2.05, 4.69) is 0 Å². The largest absolute Gasteiger partial charge is 0.466 e. The number of hydroxylamine groups is 4. The summed E-state index contributed by atoms with van der Waals surface area (Å²) in [6.45, 7) is 6.07. The molecule has 45 heavy (non-hydrogen) atoms. The van der Waals surface area contributed by atoms with E-state index in [0.29, 0.717) is 55.3 Å². The van der Waals surface area contributed by atoms with Gasteiger partial charge in [-0.25, -0.2) is 9.59 Å². The Hall–Kier alpha value is -3.88. The number of imide groups is 2. The van der Waals surface area contributed by atoms with Crippen LogP contribution in [-0.4, -0.2) is 82.0 Å². The van der Waals surface area contributed by atoms with Gasteiger partial charge < -0.3 is 23.9 Å². The van der Waals surface area contributed by atoms with E-state index in [0.717, 1.165) is 0 Å². The molecule has 15 heteroatoms. The Bertz CT molecular complexity index is 1150. The fourth-order valence-electron chi connectivity index (χ4n) is 4.67. The monoisotopic (exact) mass is 638 g/mol. The van der Waals surface area contributed by atoms with Crippen LogP contribution in [0.4, 0.5) is 0 Å². The summed E-state index contributed by atoms with van der Waals surface area (Å²) < 4.78 is 16.9. The molecule has 0 aromatic heterocycles. The van der Waals surface area contributed by atoms with Gasteiger partial charge in [-0.3, -0.25) is 28.8 Å². The quantitative estimate of drug-likeness (QED) is 0.114. The van der Waals surface area contributed by atoms with Crippen LogP contribution in [0.25, 0.3) is 0 Å². The first-order valence-electron chi connectivity index (χ1n) is 15.3. The predicted octanol–water partition coefficient (Wildman–Crippen LogP) is 2.37. The zero-order valence-electron chi connectivity index (χ0n) is 26.1. The molecule has 0 radical (unpaired) electrons. The lowest BCUT2D eigenvalue weighted by Gasteiger charge is -2.26. The van der Waals surface area contributed by atoms with E-state index in [1.54, 1.807) is 0 Å². The Balaban J connectivity index is 1.19. The Morgan fingerprint density at radius 2 is 1.13 bits per heavy atom. The highest BCUT2D eigenvalue weighted by atomic mass is 16.7. The third kappa shape index (κ3) is 11.5. The average Bonchev–Trinajstić information content (AvgIpc) is 3.36. The smallest absolute Gasteiger partial charge is 0.333 e. The second-order valence-electron chi connectivity index (χ2n) is 12.2. The predicted molar refractivity (Wildman–Crippen MR) is 150 cm³/mol. The van der Waals surface area contributed by atoms with E-state index in [1.165, 1.54) is 0 Å². The van der Waals surface area contributed by atoms with E-state index in [9.17, 15) is 38.4 Å². The summed E-state index contributed by atoms with van der Waals surface area (Å²) in [6, 6.07) is 0. The number of esters is 2. The maximum atomic E-state index is 12.3. The van der Waals surface area contributed by atoms with E-state index >= 15 is 0 Å². The maximum absolute atomic E-state index is 12.3. The summed E-state index contributed by atoms with van der Waals surface area (Å²) in [4.78, 5) is 104. The third-order valence-electron chi connectivity index (χ3n) is 7.77. The molecule has 15 nitrogen and oxygen atoms in total. The second kappa shape index (κ2) is 15.9. The van der Waals surface area contributed by atoms with Gasteiger partial charge >= 0.3 is 23.9 Å². The van der Waals surface area contributed by atoms with Crippen LogP contribution in [0, 0.1) is 5.92 Å². The van der Waals surface area contributed by atoms with Crippen LogP contribution in [-0.2, 0) is 62.2 Å². The van der Waals surface area contributed by atoms with Gasteiger partial charge in [0.1, 0.15) is 5.60 Å². The van der Waals surface area contributed by atoms with Crippen LogP contribution in [0.3, 0.4) is 0 Å². The van der Waals surface area contributed by atoms with Crippen molar-refractivity contribution >= 4 is 47.5 Å². The number of hydrogen-bond donors (Lipinski definition) is 0. The number of carbonyl (C=O) groups excluding carboxylic acids is 8. The van der Waals surface area contributed by atoms with Gasteiger partial charge in [0.25, 0.3) is 23.6 Å². The number of unbranched alkanes of at least 4 members (excludes halogenated alkanes) is 2. The Morgan fingerprint density at radius 3 is 1.60 bits per heavy atom. The molecule has 0 N–H and O–H groups in total. The molecule has 2 heterocycles. The van der Waals surface area contributed by atoms with Gasteiger partial charge in [-0.2, -0.15) is 0 Å². The van der Waals surface area contributed by atoms with Crippen LogP contribution >= 0.6 is 0 Å². The average molecular weight is 639 g/mol. The number of amides is 4. The fraction of sp³-hybridized carbons (Fsp3) is 0.733. The lowest BCUT2D eigenvalue weighted by atomic mass is 10.1. The van der Waals surface area contributed by atoms with Gasteiger partial charge in [0.15, 0.2) is 0 Å². The van der Waals surface area contributed by atoms with Crippen molar-refractivity contribution in [2.45, 2.75) is 122 Å². The molecule has 4 amide bonds. The van der Waals surface area contributed by atoms with Crippen molar-refractivity contribution < 1.29 is 62.2 Å². The fourth-order valence-corrected chi connectivity index (χ4v) is 4.67. The van der Waals surface area contributed by atoms with Crippen LogP contribution in [0.1, 0.15) is 111 Å². The molecule has 250 valence electrons. The minimum atomic E-state index is -0.708. The molecule has 3 aliphatic rings. The summed E-state index contributed by atoms with van der Waals surface area (Å²) in [7, 11) is 0. The molecular formula is C30H42N2O13. The highest BCUT2D eigenvalue weighted by molar-refractivity contribution is 6.02. The van der Waals surface area contributed by atoms with Crippen molar-refractivity contribution in [3.8, 4) is 0 Å². The third-order valence-corrected chi connectivity index (χ3v) is 7.77. The first kappa shape index (κ1) is 35.6. The maximum Gasteiger partial charge on any atom is 0.333 e. The highest BCUT2D eigenvalue weighted by Crippen LogP contribution is 2.47. The summed E-state index contributed by atoms with van der Waals surface area (Å²) in [6.07, 6.45) is 2.77. The molecule has 2 saturated heterocycles. The van der Waals surface area contributed by atoms with Crippen molar-refractivity contribution in [3.63, 3.8) is 0 Å². The topological polar surface area (TPSA) is 189 Å². The van der Waals surface area contributed by atoms with Crippen molar-refractivity contribution in [3.05, 3.63) is 0 Å². The first-order chi connectivity index (χ1) is 21.2. The summed E-state index contributed by atoms with van der Waals surface area (Å²) in [5.41, 5.74) is -1.23. The normalized spacial score (nSPS) is 21.3. The summed E-state index contributed by atoms with van der Waals surface area (Å²) >= 11 is 0. The molecule has 0 aromatic rings. The van der Waals surface area contributed by atoms with Crippen LogP contribution < -0.4 is 0 Å². The summed E-state index contributed by atoms with van der Waals surface area (Å²) in [5.74, 6) is -4.37. The molecule has 0 spiro atoms. The van der Waals surface area contributed by atoms with Gasteiger partial charge in [-0.1, -0.05) is 0 Å². The SMILES string of the molecule is CC(C)(CCOC(=O)CCCCC(=O)ON1C(=O)CCC1=O)OCC1CC1(C)OC(=O)CCCCC(=O)ON1C(=O)CCC1=O. The van der Waals surface area contributed by atoms with Crippen molar-refractivity contribution in [2.75, 3.05) is 13.2 Å². The Morgan fingerprint density at radius 1 is 0.711 bits per heavy atom. The zero-order valence-corrected chi connectivity index (χ0v) is 26.1. The van der Waals surface area contributed by atoms with Gasteiger partial charge in [0.2, 0.25) is 0 Å². The highest BCUT2D eigenvalue weighted by Gasteiger charge is 2.54. The first-order valence-corrected chi connectivity index (χ1v) is 15.3. The molecule has 1 saturated carbocycles.